The second-order valence-corrected chi connectivity index (χ2v) is 5.43. The summed E-state index contributed by atoms with van der Waals surface area (Å²) in [5.74, 6) is 0. The molecule has 0 aromatic carbocycles. The summed E-state index contributed by atoms with van der Waals surface area (Å²) in [5, 5.41) is 0. The van der Waals surface area contributed by atoms with Crippen molar-refractivity contribution in [1.82, 2.24) is 0 Å². The maximum atomic E-state index is 9.93. The monoisotopic (exact) mass is 318 g/mol. The Kier molecular flexibility index (Phi) is 19.7. The number of carbonyl (C=O) groups is 1. The number of carbonyl (C=O) groups excluding carboxylic acids is 1. The van der Waals surface area contributed by atoms with E-state index in [9.17, 15) is 4.79 Å². The van der Waals surface area contributed by atoms with E-state index in [0.717, 1.165) is 51.9 Å². The van der Waals surface area contributed by atoms with E-state index in [4.69, 9.17) is 14.2 Å². The largest absolute Gasteiger partial charge is 0.468 e. The van der Waals surface area contributed by atoms with Crippen molar-refractivity contribution in [1.29, 1.82) is 0 Å². The average Bonchev–Trinajstić information content (AvgIpc) is 2.54. The van der Waals surface area contributed by atoms with Gasteiger partial charge in [-0.1, -0.05) is 38.5 Å². The molecule has 0 spiro atoms. The summed E-state index contributed by atoms with van der Waals surface area (Å²) in [4.78, 5) is 9.93. The lowest BCUT2D eigenvalue weighted by Gasteiger charge is -2.05. The van der Waals surface area contributed by atoms with Gasteiger partial charge < -0.3 is 18.9 Å². The highest BCUT2D eigenvalue weighted by molar-refractivity contribution is 5.36. The van der Waals surface area contributed by atoms with Gasteiger partial charge in [0.1, 0.15) is 6.79 Å². The first-order valence-corrected chi connectivity index (χ1v) is 8.61. The number of unbranched alkanes of at least 4 members (excludes halogenated alkanes) is 8. The maximum absolute atomic E-state index is 9.93. The van der Waals surface area contributed by atoms with Gasteiger partial charge in [0.05, 0.1) is 6.61 Å². The molecular formula is C17H34O5. The number of rotatable bonds is 19. The van der Waals surface area contributed by atoms with Crippen molar-refractivity contribution < 1.29 is 23.7 Å². The first kappa shape index (κ1) is 21.4. The number of hydrogen-bond acceptors (Lipinski definition) is 5. The fraction of sp³-hybridized carbons (Fsp3) is 0.941. The normalized spacial score (nSPS) is 10.8. The Balaban J connectivity index is 2.92. The van der Waals surface area contributed by atoms with E-state index >= 15 is 0 Å². The third-order valence-electron chi connectivity index (χ3n) is 3.40. The molecule has 0 saturated heterocycles. The zero-order chi connectivity index (χ0) is 16.1. The quantitative estimate of drug-likeness (QED) is 0.206. The van der Waals surface area contributed by atoms with Gasteiger partial charge in [-0.25, -0.2) is 0 Å². The van der Waals surface area contributed by atoms with Gasteiger partial charge in [0.25, 0.3) is 6.47 Å². The second kappa shape index (κ2) is 20.3. The molecule has 0 aromatic rings. The summed E-state index contributed by atoms with van der Waals surface area (Å²) in [7, 11) is 1.64. The van der Waals surface area contributed by atoms with Gasteiger partial charge in [0.15, 0.2) is 0 Å². The SMILES string of the molecule is COCOCCCCCCCOCCCCCCCOC=O. The lowest BCUT2D eigenvalue weighted by atomic mass is 10.1. The molecule has 0 bridgehead atoms. The molecule has 0 aliphatic heterocycles. The first-order chi connectivity index (χ1) is 10.9. The van der Waals surface area contributed by atoms with Crippen LogP contribution in [-0.2, 0) is 23.7 Å². The van der Waals surface area contributed by atoms with Crippen molar-refractivity contribution >= 4 is 6.47 Å². The molecule has 0 fully saturated rings. The van der Waals surface area contributed by atoms with Crippen molar-refractivity contribution in [2.75, 3.05) is 40.3 Å². The molecule has 5 heteroatoms. The van der Waals surface area contributed by atoms with Crippen molar-refractivity contribution in [3.63, 3.8) is 0 Å². The third kappa shape index (κ3) is 19.4. The van der Waals surface area contributed by atoms with E-state index < -0.39 is 0 Å². The molecule has 0 aliphatic carbocycles. The van der Waals surface area contributed by atoms with Crippen LogP contribution in [0.2, 0.25) is 0 Å². The lowest BCUT2D eigenvalue weighted by Crippen LogP contribution is -1.99. The predicted molar refractivity (Wildman–Crippen MR) is 86.8 cm³/mol. The van der Waals surface area contributed by atoms with Crippen molar-refractivity contribution in [2.45, 2.75) is 64.2 Å². The predicted octanol–water partition coefficient (Wildman–Crippen LogP) is 3.70. The van der Waals surface area contributed by atoms with Crippen LogP contribution in [0.1, 0.15) is 64.2 Å². The van der Waals surface area contributed by atoms with Crippen LogP contribution in [-0.4, -0.2) is 46.8 Å². The molecule has 0 unspecified atom stereocenters. The summed E-state index contributed by atoms with van der Waals surface area (Å²) in [5.41, 5.74) is 0. The third-order valence-corrected chi connectivity index (χ3v) is 3.40. The van der Waals surface area contributed by atoms with E-state index in [1.54, 1.807) is 7.11 Å². The summed E-state index contributed by atoms with van der Waals surface area (Å²) in [6.45, 7) is 4.02. The van der Waals surface area contributed by atoms with Crippen LogP contribution in [0.4, 0.5) is 0 Å². The summed E-state index contributed by atoms with van der Waals surface area (Å²) < 4.78 is 20.3. The maximum Gasteiger partial charge on any atom is 0.293 e. The standard InChI is InChI=1S/C17H34O5/c1-19-17-22-15-11-7-3-5-9-13-20-12-8-4-2-6-10-14-21-16-18/h16H,2-15,17H2,1H3. The Morgan fingerprint density at radius 2 is 1.09 bits per heavy atom. The summed E-state index contributed by atoms with van der Waals surface area (Å²) in [6.07, 6.45) is 11.6. The first-order valence-electron chi connectivity index (χ1n) is 8.61. The van der Waals surface area contributed by atoms with Crippen LogP contribution >= 0.6 is 0 Å². The summed E-state index contributed by atoms with van der Waals surface area (Å²) >= 11 is 0. The van der Waals surface area contributed by atoms with Crippen LogP contribution in [0.15, 0.2) is 0 Å². The Labute approximate surface area is 135 Å². The minimum atomic E-state index is 0.403. The zero-order valence-electron chi connectivity index (χ0n) is 14.2. The molecule has 0 aromatic heterocycles. The van der Waals surface area contributed by atoms with E-state index in [-0.39, 0.29) is 0 Å². The highest BCUT2D eigenvalue weighted by Gasteiger charge is 1.94. The lowest BCUT2D eigenvalue weighted by molar-refractivity contribution is -0.128. The highest BCUT2D eigenvalue weighted by Crippen LogP contribution is 2.05. The van der Waals surface area contributed by atoms with E-state index in [1.807, 2.05) is 0 Å². The Morgan fingerprint density at radius 1 is 0.636 bits per heavy atom. The van der Waals surface area contributed by atoms with E-state index in [1.165, 1.54) is 32.1 Å². The fourth-order valence-electron chi connectivity index (χ4n) is 2.15. The van der Waals surface area contributed by atoms with Crippen LogP contribution in [0.5, 0.6) is 0 Å². The molecule has 5 nitrogen and oxygen atoms in total. The minimum Gasteiger partial charge on any atom is -0.468 e. The Morgan fingerprint density at radius 3 is 1.59 bits per heavy atom. The molecule has 0 heterocycles. The van der Waals surface area contributed by atoms with Gasteiger partial charge in [-0.3, -0.25) is 4.79 Å². The van der Waals surface area contributed by atoms with Gasteiger partial charge in [0, 0.05) is 26.9 Å². The van der Waals surface area contributed by atoms with Crippen LogP contribution < -0.4 is 0 Å². The molecular weight excluding hydrogens is 284 g/mol. The highest BCUT2D eigenvalue weighted by atomic mass is 16.7. The number of hydrogen-bond donors (Lipinski definition) is 0. The second-order valence-electron chi connectivity index (χ2n) is 5.43. The number of ether oxygens (including phenoxy) is 4. The van der Waals surface area contributed by atoms with E-state index in [2.05, 4.69) is 4.74 Å². The number of methoxy groups -OCH3 is 1. The van der Waals surface area contributed by atoms with Gasteiger partial charge in [0.2, 0.25) is 0 Å². The molecule has 22 heavy (non-hydrogen) atoms. The van der Waals surface area contributed by atoms with Gasteiger partial charge >= 0.3 is 0 Å². The minimum absolute atomic E-state index is 0.403. The molecule has 132 valence electrons. The Bertz CT molecular complexity index is 211. The molecule has 0 atom stereocenters. The molecule has 0 N–H and O–H groups in total. The topological polar surface area (TPSA) is 54.0 Å². The smallest absolute Gasteiger partial charge is 0.293 e. The zero-order valence-corrected chi connectivity index (χ0v) is 14.2. The van der Waals surface area contributed by atoms with Crippen LogP contribution in [0, 0.1) is 0 Å². The molecule has 0 radical (unpaired) electrons. The van der Waals surface area contributed by atoms with E-state index in [0.29, 0.717) is 19.9 Å². The molecule has 0 rings (SSSR count). The van der Waals surface area contributed by atoms with Crippen molar-refractivity contribution in [2.24, 2.45) is 0 Å². The molecule has 0 amide bonds. The fourth-order valence-corrected chi connectivity index (χ4v) is 2.15. The van der Waals surface area contributed by atoms with Gasteiger partial charge in [-0.05, 0) is 25.7 Å². The average molecular weight is 318 g/mol. The van der Waals surface area contributed by atoms with Gasteiger partial charge in [-0.15, -0.1) is 0 Å². The Hall–Kier alpha value is -0.650. The van der Waals surface area contributed by atoms with Crippen molar-refractivity contribution in [3.05, 3.63) is 0 Å². The van der Waals surface area contributed by atoms with Crippen molar-refractivity contribution in [3.8, 4) is 0 Å². The van der Waals surface area contributed by atoms with Gasteiger partial charge in [-0.2, -0.15) is 0 Å². The van der Waals surface area contributed by atoms with Crippen LogP contribution in [0.25, 0.3) is 0 Å². The summed E-state index contributed by atoms with van der Waals surface area (Å²) in [6, 6.07) is 0. The van der Waals surface area contributed by atoms with Crippen LogP contribution in [0.3, 0.4) is 0 Å². The molecule has 0 aliphatic rings. The molecule has 0 saturated carbocycles.